The predicted octanol–water partition coefficient (Wildman–Crippen LogP) is 12.9. The van der Waals surface area contributed by atoms with Crippen molar-refractivity contribution in [3.05, 3.63) is 76.9 Å². The van der Waals surface area contributed by atoms with E-state index in [-0.39, 0.29) is 12.1 Å². The number of benzene rings is 2. The van der Waals surface area contributed by atoms with Crippen molar-refractivity contribution in [2.45, 2.75) is 157 Å². The summed E-state index contributed by atoms with van der Waals surface area (Å²) in [7, 11) is 0. The van der Waals surface area contributed by atoms with Crippen molar-refractivity contribution < 1.29 is 14.3 Å². The second kappa shape index (κ2) is 18.1. The Hall–Kier alpha value is -2.99. The van der Waals surface area contributed by atoms with Crippen LogP contribution >= 0.6 is 0 Å². The molecule has 0 heterocycles. The van der Waals surface area contributed by atoms with E-state index in [2.05, 4.69) is 83.7 Å². The van der Waals surface area contributed by atoms with Gasteiger partial charge in [-0.15, -0.1) is 0 Å². The van der Waals surface area contributed by atoms with Crippen molar-refractivity contribution in [1.29, 1.82) is 0 Å². The lowest BCUT2D eigenvalue weighted by atomic mass is 9.47. The number of esters is 1. The van der Waals surface area contributed by atoms with Crippen LogP contribution < -0.4 is 4.74 Å². The molecule has 3 fully saturated rings. The van der Waals surface area contributed by atoms with Crippen LogP contribution in [0.2, 0.25) is 0 Å². The highest BCUT2D eigenvalue weighted by molar-refractivity contribution is 5.69. The van der Waals surface area contributed by atoms with Gasteiger partial charge in [0.25, 0.3) is 0 Å². The minimum Gasteiger partial charge on any atom is -0.494 e. The van der Waals surface area contributed by atoms with Gasteiger partial charge in [0.1, 0.15) is 11.9 Å². The molecule has 288 valence electrons. The number of carbonyl (C=O) groups excluding carboxylic acids is 1. The molecule has 0 radical (unpaired) electrons. The summed E-state index contributed by atoms with van der Waals surface area (Å²) in [5, 5.41) is 0. The normalized spacial score (nSPS) is 29.6. The van der Waals surface area contributed by atoms with E-state index in [0.29, 0.717) is 17.3 Å². The Morgan fingerprint density at radius 3 is 2.28 bits per heavy atom. The molecule has 3 heteroatoms. The maximum Gasteiger partial charge on any atom is 0.306 e. The Morgan fingerprint density at radius 2 is 1.57 bits per heavy atom. The van der Waals surface area contributed by atoms with Crippen LogP contribution in [0.3, 0.4) is 0 Å². The number of carbonyl (C=O) groups is 1. The minimum absolute atomic E-state index is 0.00638. The lowest BCUT2D eigenvalue weighted by Gasteiger charge is -2.58. The molecule has 3 saturated carbocycles. The Bertz CT molecular complexity index is 1570. The lowest BCUT2D eigenvalue weighted by molar-refractivity contribution is -0.151. The van der Waals surface area contributed by atoms with Crippen LogP contribution in [-0.4, -0.2) is 18.7 Å². The average Bonchev–Trinajstić information content (AvgIpc) is 3.51. The van der Waals surface area contributed by atoms with Gasteiger partial charge in [-0.3, -0.25) is 4.79 Å². The molecule has 4 aliphatic carbocycles. The molecule has 2 aromatic rings. The van der Waals surface area contributed by atoms with Gasteiger partial charge in [0.05, 0.1) is 6.61 Å². The van der Waals surface area contributed by atoms with Crippen LogP contribution in [0.15, 0.2) is 60.2 Å². The smallest absolute Gasteiger partial charge is 0.306 e. The van der Waals surface area contributed by atoms with Gasteiger partial charge in [0, 0.05) is 24.0 Å². The molecule has 0 spiro atoms. The zero-order valence-corrected chi connectivity index (χ0v) is 34.2. The third kappa shape index (κ3) is 9.64. The summed E-state index contributed by atoms with van der Waals surface area (Å²) < 4.78 is 11.8. The maximum absolute atomic E-state index is 13.0. The quantitative estimate of drug-likeness (QED) is 0.0796. The van der Waals surface area contributed by atoms with Crippen molar-refractivity contribution in [3.63, 3.8) is 0 Å². The van der Waals surface area contributed by atoms with Gasteiger partial charge >= 0.3 is 5.97 Å². The first kappa shape index (κ1) is 39.7. The second-order valence-electron chi connectivity index (χ2n) is 18.5. The number of unbranched alkanes of at least 4 members (excludes halogenated alkanes) is 2. The largest absolute Gasteiger partial charge is 0.494 e. The monoisotopic (exact) mass is 719 g/mol. The molecule has 6 rings (SSSR count). The Morgan fingerprint density at radius 1 is 0.830 bits per heavy atom. The molecule has 0 aliphatic heterocycles. The molecular formula is C50H70O3. The number of rotatable bonds is 15. The lowest BCUT2D eigenvalue weighted by Crippen LogP contribution is -2.51. The standard InChI is InChI=1S/C50H70O3/c1-7-34-52-42-25-22-40(23-26-42)21-20-39-18-16-38(17-19-39)14-9-8-10-15-48(51)53-43-30-32-49(5)41(35-43)24-27-44-46-29-28-45(37(4)13-11-12-36(2)3)50(46,6)33-31-47(44)49/h16-19,22-26,36-37,43-47H,7-15,27-35H2,1-6H3/t37-,43+,44+,45-,46+,47+,49+,50-/m1/s1. The second-order valence-corrected chi connectivity index (χ2v) is 18.5. The number of hydrogen-bond acceptors (Lipinski definition) is 3. The van der Waals surface area contributed by atoms with Crippen molar-refractivity contribution in [2.24, 2.45) is 46.3 Å². The summed E-state index contributed by atoms with van der Waals surface area (Å²) in [5.74, 6) is 12.6. The summed E-state index contributed by atoms with van der Waals surface area (Å²) in [6.07, 6.45) is 22.6. The molecule has 0 aromatic heterocycles. The highest BCUT2D eigenvalue weighted by Gasteiger charge is 2.59. The summed E-state index contributed by atoms with van der Waals surface area (Å²) in [4.78, 5) is 13.0. The summed E-state index contributed by atoms with van der Waals surface area (Å²) in [6.45, 7) is 15.5. The van der Waals surface area contributed by atoms with E-state index in [4.69, 9.17) is 9.47 Å². The summed E-state index contributed by atoms with van der Waals surface area (Å²) in [6, 6.07) is 16.6. The van der Waals surface area contributed by atoms with E-state index in [1.807, 2.05) is 24.3 Å². The first-order valence-corrected chi connectivity index (χ1v) is 21.8. The third-order valence-electron chi connectivity index (χ3n) is 14.5. The van der Waals surface area contributed by atoms with Crippen molar-refractivity contribution in [2.75, 3.05) is 6.61 Å². The molecule has 0 unspecified atom stereocenters. The van der Waals surface area contributed by atoms with Gasteiger partial charge in [0.15, 0.2) is 0 Å². The van der Waals surface area contributed by atoms with E-state index >= 15 is 0 Å². The highest BCUT2D eigenvalue weighted by Crippen LogP contribution is 2.67. The van der Waals surface area contributed by atoms with Gasteiger partial charge in [-0.1, -0.05) is 103 Å². The predicted molar refractivity (Wildman–Crippen MR) is 220 cm³/mol. The van der Waals surface area contributed by atoms with Crippen LogP contribution in [0, 0.1) is 58.2 Å². The van der Waals surface area contributed by atoms with Crippen molar-refractivity contribution in [3.8, 4) is 17.6 Å². The molecule has 0 saturated heterocycles. The molecule has 2 aromatic carbocycles. The first-order valence-electron chi connectivity index (χ1n) is 21.8. The van der Waals surface area contributed by atoms with Crippen molar-refractivity contribution in [1.82, 2.24) is 0 Å². The van der Waals surface area contributed by atoms with Crippen LogP contribution in [0.5, 0.6) is 5.75 Å². The molecule has 0 N–H and O–H groups in total. The molecule has 0 bridgehead atoms. The first-order chi connectivity index (χ1) is 25.6. The number of fused-ring (bicyclic) bond motifs is 5. The average molecular weight is 719 g/mol. The van der Waals surface area contributed by atoms with Gasteiger partial charge in [-0.05, 0) is 159 Å². The van der Waals surface area contributed by atoms with Crippen LogP contribution in [-0.2, 0) is 16.0 Å². The molecule has 0 amide bonds. The Labute approximate surface area is 323 Å². The summed E-state index contributed by atoms with van der Waals surface area (Å²) in [5.41, 5.74) is 5.79. The van der Waals surface area contributed by atoms with E-state index in [1.165, 1.54) is 63.4 Å². The van der Waals surface area contributed by atoms with E-state index < -0.39 is 0 Å². The summed E-state index contributed by atoms with van der Waals surface area (Å²) >= 11 is 0. The maximum atomic E-state index is 13.0. The fourth-order valence-electron chi connectivity index (χ4n) is 11.5. The number of hydrogen-bond donors (Lipinski definition) is 0. The molecule has 3 nitrogen and oxygen atoms in total. The number of allylic oxidation sites excluding steroid dienone is 1. The Kier molecular flexibility index (Phi) is 13.6. The van der Waals surface area contributed by atoms with Crippen molar-refractivity contribution >= 4 is 5.97 Å². The minimum atomic E-state index is 0.00638. The third-order valence-corrected chi connectivity index (χ3v) is 14.5. The highest BCUT2D eigenvalue weighted by atomic mass is 16.5. The fourth-order valence-corrected chi connectivity index (χ4v) is 11.5. The molecule has 4 aliphatic rings. The topological polar surface area (TPSA) is 35.5 Å². The van der Waals surface area contributed by atoms with E-state index in [9.17, 15) is 4.79 Å². The van der Waals surface area contributed by atoms with Crippen LogP contribution in [0.25, 0.3) is 0 Å². The van der Waals surface area contributed by atoms with E-state index in [0.717, 1.165) is 104 Å². The molecule has 53 heavy (non-hydrogen) atoms. The van der Waals surface area contributed by atoms with Crippen LogP contribution in [0.1, 0.15) is 161 Å². The van der Waals surface area contributed by atoms with Gasteiger partial charge in [-0.2, -0.15) is 0 Å². The molecule has 8 atom stereocenters. The zero-order chi connectivity index (χ0) is 37.4. The zero-order valence-electron chi connectivity index (χ0n) is 34.2. The Balaban J connectivity index is 0.905. The number of aryl methyl sites for hydroxylation is 1. The van der Waals surface area contributed by atoms with Crippen LogP contribution in [0.4, 0.5) is 0 Å². The van der Waals surface area contributed by atoms with E-state index in [1.54, 1.807) is 5.57 Å². The fraction of sp³-hybridized carbons (Fsp3) is 0.660. The van der Waals surface area contributed by atoms with Gasteiger partial charge in [0.2, 0.25) is 0 Å². The van der Waals surface area contributed by atoms with Gasteiger partial charge in [-0.25, -0.2) is 0 Å². The molecular weight excluding hydrogens is 649 g/mol. The number of ether oxygens (including phenoxy) is 2. The SMILES string of the molecule is CCCOc1ccc(C#Cc2ccc(CCCCCC(=O)O[C@H]3CC[C@@]4(C)C(=CC[C@H]5[C@@H]6CC[C@H]([C@H](C)CCCC(C)C)[C@@]6(C)CC[C@@H]54)C3)cc2)cc1. The van der Waals surface area contributed by atoms with Gasteiger partial charge < -0.3 is 9.47 Å².